The number of anilines is 2. The molecule has 6 rings (SSSR count). The van der Waals surface area contributed by atoms with E-state index >= 15 is 0 Å². The van der Waals surface area contributed by atoms with Crippen molar-refractivity contribution >= 4 is 35.1 Å². The number of hydrogen-bond donors (Lipinski definition) is 2. The number of halogens is 1. The lowest BCUT2D eigenvalue weighted by Gasteiger charge is -2.46. The van der Waals surface area contributed by atoms with Gasteiger partial charge in [0, 0.05) is 60.2 Å². The first kappa shape index (κ1) is 23.7. The van der Waals surface area contributed by atoms with Crippen molar-refractivity contribution in [2.45, 2.75) is 69.5 Å². The molecular weight excluding hydrogens is 476 g/mol. The summed E-state index contributed by atoms with van der Waals surface area (Å²) in [6, 6.07) is 8.26. The molecular formula is C27H33ClN6O2. The van der Waals surface area contributed by atoms with Crippen LogP contribution >= 0.6 is 11.6 Å². The van der Waals surface area contributed by atoms with Crippen LogP contribution in [-0.4, -0.2) is 64.4 Å². The van der Waals surface area contributed by atoms with Gasteiger partial charge in [0.25, 0.3) is 0 Å². The van der Waals surface area contributed by atoms with Gasteiger partial charge in [-0.05, 0) is 43.4 Å². The maximum Gasteiger partial charge on any atom is 0.232 e. The topological polar surface area (TPSA) is 90.5 Å². The van der Waals surface area contributed by atoms with Crippen LogP contribution in [0.2, 0.25) is 5.02 Å². The van der Waals surface area contributed by atoms with E-state index in [4.69, 9.17) is 16.6 Å². The van der Waals surface area contributed by atoms with Gasteiger partial charge in [-0.15, -0.1) is 0 Å². The van der Waals surface area contributed by atoms with Crippen molar-refractivity contribution in [3.05, 3.63) is 46.7 Å². The normalized spacial score (nSPS) is 27.3. The molecule has 4 aliphatic rings. The van der Waals surface area contributed by atoms with Crippen LogP contribution in [0.1, 0.15) is 62.5 Å². The first-order valence-electron chi connectivity index (χ1n) is 13.1. The Morgan fingerprint density at radius 2 is 1.78 bits per heavy atom. The van der Waals surface area contributed by atoms with Gasteiger partial charge in [0.2, 0.25) is 11.8 Å². The quantitative estimate of drug-likeness (QED) is 0.620. The third-order valence-electron chi connectivity index (χ3n) is 8.42. The van der Waals surface area contributed by atoms with E-state index in [1.165, 1.54) is 0 Å². The van der Waals surface area contributed by atoms with Gasteiger partial charge in [0.1, 0.15) is 18.0 Å². The highest BCUT2D eigenvalue weighted by Crippen LogP contribution is 2.51. The summed E-state index contributed by atoms with van der Waals surface area (Å²) in [5.41, 5.74) is 2.09. The van der Waals surface area contributed by atoms with E-state index in [2.05, 4.69) is 39.3 Å². The third kappa shape index (κ3) is 4.04. The number of carbonyl (C=O) groups is 2. The zero-order chi connectivity index (χ0) is 25.0. The van der Waals surface area contributed by atoms with Crippen LogP contribution in [-0.2, 0) is 9.59 Å². The van der Waals surface area contributed by atoms with Crippen LogP contribution in [0.25, 0.3) is 0 Å². The summed E-state index contributed by atoms with van der Waals surface area (Å²) in [4.78, 5) is 40.0. The molecule has 4 heterocycles. The highest BCUT2D eigenvalue weighted by atomic mass is 35.5. The zero-order valence-corrected chi connectivity index (χ0v) is 21.5. The number of aromatic nitrogens is 2. The maximum atomic E-state index is 14.0. The average molecular weight is 509 g/mol. The number of rotatable bonds is 6. The second kappa shape index (κ2) is 9.30. The minimum absolute atomic E-state index is 0.0374. The second-order valence-electron chi connectivity index (χ2n) is 10.9. The minimum atomic E-state index is -0.253. The average Bonchev–Trinajstić information content (AvgIpc) is 3.09. The molecule has 1 saturated carbocycles. The Labute approximate surface area is 216 Å². The highest BCUT2D eigenvalue weighted by molar-refractivity contribution is 6.30. The van der Waals surface area contributed by atoms with Crippen molar-refractivity contribution in [2.75, 3.05) is 29.9 Å². The van der Waals surface area contributed by atoms with Crippen LogP contribution in [0.3, 0.4) is 0 Å². The van der Waals surface area contributed by atoms with Crippen LogP contribution in [0, 0.1) is 5.92 Å². The highest BCUT2D eigenvalue weighted by Gasteiger charge is 2.48. The van der Waals surface area contributed by atoms with Gasteiger partial charge in [-0.3, -0.25) is 9.59 Å². The van der Waals surface area contributed by atoms with Crippen LogP contribution in [0.4, 0.5) is 11.6 Å². The number of fused-ring (bicyclic) bond motifs is 5. The number of carbonyl (C=O) groups excluding carboxylic acids is 2. The molecule has 2 aromatic rings. The van der Waals surface area contributed by atoms with E-state index in [0.717, 1.165) is 55.7 Å². The van der Waals surface area contributed by atoms with E-state index < -0.39 is 0 Å². The summed E-state index contributed by atoms with van der Waals surface area (Å²) in [5, 5.41) is 7.15. The number of hydrogen-bond acceptors (Lipinski definition) is 6. The van der Waals surface area contributed by atoms with Crippen LogP contribution in [0.5, 0.6) is 0 Å². The van der Waals surface area contributed by atoms with E-state index in [0.29, 0.717) is 23.4 Å². The van der Waals surface area contributed by atoms with Crippen molar-refractivity contribution in [3.63, 3.8) is 0 Å². The fourth-order valence-corrected chi connectivity index (χ4v) is 6.59. The maximum absolute atomic E-state index is 14.0. The first-order chi connectivity index (χ1) is 17.4. The molecule has 2 amide bonds. The lowest BCUT2D eigenvalue weighted by atomic mass is 9.67. The molecule has 0 radical (unpaired) electrons. The standard InChI is InChI=1S/C27H33ClN6O2/c1-15(2)29-11-22(16-3-5-17(28)6-4-16)27(36)34-18-7-8-19(34)13-33(12-18)25-23-20-9-10-21(20)26(35)32-24(23)30-14-31-25/h3-6,14-15,18-22,29H,7-13H2,1-2H3,(H,30,31,32,35)/t18?,19?,20-,21+,22-/m1/s1. The van der Waals surface area contributed by atoms with E-state index in [1.54, 1.807) is 6.33 Å². The Morgan fingerprint density at radius 1 is 1.08 bits per heavy atom. The Balaban J connectivity index is 1.25. The fraction of sp³-hybridized carbons (Fsp3) is 0.556. The Hall–Kier alpha value is -2.71. The SMILES string of the molecule is CC(C)NC[C@@H](C(=O)N1C2CCC1CN(c1ncnc3c1[C@@H]1CC[C@@H]1C(=O)N3)C2)c1ccc(Cl)cc1. The predicted octanol–water partition coefficient (Wildman–Crippen LogP) is 3.54. The Morgan fingerprint density at radius 3 is 2.42 bits per heavy atom. The van der Waals surface area contributed by atoms with Gasteiger partial charge in [0.05, 0.1) is 5.92 Å². The Bertz CT molecular complexity index is 1160. The van der Waals surface area contributed by atoms with Gasteiger partial charge in [0.15, 0.2) is 0 Å². The van der Waals surface area contributed by atoms with Crippen molar-refractivity contribution < 1.29 is 9.59 Å². The largest absolute Gasteiger partial charge is 0.352 e. The van der Waals surface area contributed by atoms with Crippen molar-refractivity contribution in [3.8, 4) is 0 Å². The molecule has 1 aromatic heterocycles. The zero-order valence-electron chi connectivity index (χ0n) is 20.8. The van der Waals surface area contributed by atoms with Crippen molar-refractivity contribution in [1.29, 1.82) is 0 Å². The number of nitrogens with one attached hydrogen (secondary N) is 2. The number of amides is 2. The lowest BCUT2D eigenvalue weighted by Crippen LogP contribution is -2.58. The molecule has 190 valence electrons. The summed E-state index contributed by atoms with van der Waals surface area (Å²) in [5.74, 6) is 1.87. The van der Waals surface area contributed by atoms with E-state index in [1.807, 2.05) is 24.3 Å². The second-order valence-corrected chi connectivity index (χ2v) is 11.4. The van der Waals surface area contributed by atoms with Gasteiger partial charge < -0.3 is 20.4 Å². The summed E-state index contributed by atoms with van der Waals surface area (Å²) < 4.78 is 0. The summed E-state index contributed by atoms with van der Waals surface area (Å²) in [6.45, 7) is 6.30. The first-order valence-corrected chi connectivity index (χ1v) is 13.5. The van der Waals surface area contributed by atoms with Gasteiger partial charge in [-0.1, -0.05) is 37.6 Å². The number of piperazine rings is 1. The van der Waals surface area contributed by atoms with Gasteiger partial charge >= 0.3 is 0 Å². The molecule has 2 saturated heterocycles. The molecule has 1 aliphatic carbocycles. The van der Waals surface area contributed by atoms with Gasteiger partial charge in [-0.2, -0.15) is 0 Å². The molecule has 2 N–H and O–H groups in total. The lowest BCUT2D eigenvalue weighted by molar-refractivity contribution is -0.136. The summed E-state index contributed by atoms with van der Waals surface area (Å²) >= 11 is 6.13. The molecule has 9 heteroatoms. The summed E-state index contributed by atoms with van der Waals surface area (Å²) in [7, 11) is 0. The molecule has 36 heavy (non-hydrogen) atoms. The number of benzene rings is 1. The van der Waals surface area contributed by atoms with Crippen LogP contribution in [0.15, 0.2) is 30.6 Å². The molecule has 2 unspecified atom stereocenters. The molecule has 0 spiro atoms. The molecule has 2 bridgehead atoms. The number of nitrogens with zero attached hydrogens (tertiary/aromatic N) is 4. The smallest absolute Gasteiger partial charge is 0.232 e. The van der Waals surface area contributed by atoms with E-state index in [9.17, 15) is 9.59 Å². The van der Waals surface area contributed by atoms with Crippen LogP contribution < -0.4 is 15.5 Å². The van der Waals surface area contributed by atoms with Crippen molar-refractivity contribution in [1.82, 2.24) is 20.2 Å². The van der Waals surface area contributed by atoms with Gasteiger partial charge in [-0.25, -0.2) is 9.97 Å². The summed E-state index contributed by atoms with van der Waals surface area (Å²) in [6.07, 6.45) is 5.47. The molecule has 5 atom stereocenters. The van der Waals surface area contributed by atoms with E-state index in [-0.39, 0.29) is 41.7 Å². The third-order valence-corrected chi connectivity index (χ3v) is 8.68. The minimum Gasteiger partial charge on any atom is -0.352 e. The monoisotopic (exact) mass is 508 g/mol. The molecule has 1 aromatic carbocycles. The molecule has 8 nitrogen and oxygen atoms in total. The van der Waals surface area contributed by atoms with Crippen molar-refractivity contribution in [2.24, 2.45) is 5.92 Å². The molecule has 3 aliphatic heterocycles. The molecule has 3 fully saturated rings. The Kier molecular flexibility index (Phi) is 6.12. The predicted molar refractivity (Wildman–Crippen MR) is 139 cm³/mol. The fourth-order valence-electron chi connectivity index (χ4n) is 6.46.